The predicted octanol–water partition coefficient (Wildman–Crippen LogP) is 2.19. The van der Waals surface area contributed by atoms with Crippen LogP contribution in [0.25, 0.3) is 0 Å². The van der Waals surface area contributed by atoms with Crippen LogP contribution in [-0.2, 0) is 0 Å². The molecule has 3 N–H and O–H groups in total. The predicted molar refractivity (Wildman–Crippen MR) is 89.0 cm³/mol. The van der Waals surface area contributed by atoms with Crippen molar-refractivity contribution in [3.8, 4) is 17.2 Å². The third-order valence-electron chi connectivity index (χ3n) is 3.22. The molecule has 2 aromatic rings. The monoisotopic (exact) mass is 317 g/mol. The van der Waals surface area contributed by atoms with Crippen LogP contribution >= 0.6 is 0 Å². The van der Waals surface area contributed by atoms with E-state index < -0.39 is 6.10 Å². The van der Waals surface area contributed by atoms with Crippen LogP contribution in [0.3, 0.4) is 0 Å². The summed E-state index contributed by atoms with van der Waals surface area (Å²) >= 11 is 0. The molecule has 0 aliphatic rings. The molecule has 2 aromatic carbocycles. The van der Waals surface area contributed by atoms with Crippen molar-refractivity contribution in [1.29, 1.82) is 0 Å². The maximum atomic E-state index is 9.92. The van der Waals surface area contributed by atoms with Gasteiger partial charge in [0.05, 0.1) is 0 Å². The van der Waals surface area contributed by atoms with Crippen molar-refractivity contribution < 1.29 is 19.7 Å². The van der Waals surface area contributed by atoms with Gasteiger partial charge < -0.3 is 25.0 Å². The van der Waals surface area contributed by atoms with E-state index in [1.54, 1.807) is 24.3 Å². The molecular formula is C18H23NO4. The van der Waals surface area contributed by atoms with E-state index in [9.17, 15) is 10.2 Å². The third-order valence-corrected chi connectivity index (χ3v) is 3.22. The van der Waals surface area contributed by atoms with Crippen LogP contribution in [0, 0.1) is 0 Å². The Hall–Kier alpha value is -2.24. The lowest BCUT2D eigenvalue weighted by Gasteiger charge is -2.18. The molecule has 0 radical (unpaired) electrons. The number of ether oxygens (including phenoxy) is 2. The Morgan fingerprint density at radius 2 is 1.52 bits per heavy atom. The lowest BCUT2D eigenvalue weighted by molar-refractivity contribution is 0.102. The van der Waals surface area contributed by atoms with Gasteiger partial charge in [-0.25, -0.2) is 0 Å². The first kappa shape index (κ1) is 17.1. The SMILES string of the molecule is CC(COc1ccccc1)NCC(O)COc1ccc(O)cc1. The largest absolute Gasteiger partial charge is 0.508 e. The van der Waals surface area contributed by atoms with Gasteiger partial charge in [-0.1, -0.05) is 18.2 Å². The van der Waals surface area contributed by atoms with Crippen LogP contribution in [0.2, 0.25) is 0 Å². The fourth-order valence-electron chi connectivity index (χ4n) is 1.93. The van der Waals surface area contributed by atoms with Crippen LogP contribution in [0.1, 0.15) is 6.92 Å². The molecule has 0 fully saturated rings. The molecule has 124 valence electrons. The van der Waals surface area contributed by atoms with Crippen LogP contribution in [-0.4, -0.2) is 42.1 Å². The molecule has 5 nitrogen and oxygen atoms in total. The Kier molecular flexibility index (Phi) is 6.72. The average Bonchev–Trinajstić information content (AvgIpc) is 2.58. The first-order valence-corrected chi connectivity index (χ1v) is 7.64. The maximum Gasteiger partial charge on any atom is 0.119 e. The van der Waals surface area contributed by atoms with Gasteiger partial charge in [-0.15, -0.1) is 0 Å². The van der Waals surface area contributed by atoms with Crippen molar-refractivity contribution in [2.45, 2.75) is 19.1 Å². The molecule has 0 saturated carbocycles. The highest BCUT2D eigenvalue weighted by molar-refractivity contribution is 5.30. The van der Waals surface area contributed by atoms with E-state index in [2.05, 4.69) is 5.32 Å². The number of phenolic OH excluding ortho intramolecular Hbond substituents is 1. The van der Waals surface area contributed by atoms with Crippen LogP contribution in [0.5, 0.6) is 17.2 Å². The zero-order valence-electron chi connectivity index (χ0n) is 13.2. The number of aliphatic hydroxyl groups excluding tert-OH is 1. The fourth-order valence-corrected chi connectivity index (χ4v) is 1.93. The summed E-state index contributed by atoms with van der Waals surface area (Å²) in [5.74, 6) is 1.63. The molecular weight excluding hydrogens is 294 g/mol. The van der Waals surface area contributed by atoms with Crippen molar-refractivity contribution in [2.24, 2.45) is 0 Å². The summed E-state index contributed by atoms with van der Waals surface area (Å²) in [5, 5.41) is 22.3. The van der Waals surface area contributed by atoms with Crippen molar-refractivity contribution in [2.75, 3.05) is 19.8 Å². The Morgan fingerprint density at radius 1 is 0.913 bits per heavy atom. The molecule has 0 aliphatic carbocycles. The van der Waals surface area contributed by atoms with Gasteiger partial charge in [0, 0.05) is 12.6 Å². The Morgan fingerprint density at radius 3 is 2.22 bits per heavy atom. The van der Waals surface area contributed by atoms with Crippen LogP contribution in [0.4, 0.5) is 0 Å². The van der Waals surface area contributed by atoms with E-state index in [1.165, 1.54) is 0 Å². The minimum absolute atomic E-state index is 0.110. The zero-order chi connectivity index (χ0) is 16.5. The van der Waals surface area contributed by atoms with Gasteiger partial charge in [-0.3, -0.25) is 0 Å². The number of benzene rings is 2. The van der Waals surface area contributed by atoms with Crippen molar-refractivity contribution in [3.63, 3.8) is 0 Å². The second-order valence-electron chi connectivity index (χ2n) is 5.39. The van der Waals surface area contributed by atoms with Gasteiger partial charge in [0.1, 0.15) is 36.6 Å². The number of aliphatic hydroxyl groups is 1. The number of aromatic hydroxyl groups is 1. The number of rotatable bonds is 9. The quantitative estimate of drug-likeness (QED) is 0.661. The summed E-state index contributed by atoms with van der Waals surface area (Å²) in [4.78, 5) is 0. The van der Waals surface area contributed by atoms with E-state index in [-0.39, 0.29) is 18.4 Å². The summed E-state index contributed by atoms with van der Waals surface area (Å²) in [6.45, 7) is 3.12. The van der Waals surface area contributed by atoms with E-state index in [0.717, 1.165) is 5.75 Å². The zero-order valence-corrected chi connectivity index (χ0v) is 13.2. The molecule has 2 rings (SSSR count). The van der Waals surface area contributed by atoms with E-state index in [4.69, 9.17) is 9.47 Å². The lowest BCUT2D eigenvalue weighted by Crippen LogP contribution is -2.39. The topological polar surface area (TPSA) is 71.0 Å². The highest BCUT2D eigenvalue weighted by atomic mass is 16.5. The number of hydrogen-bond acceptors (Lipinski definition) is 5. The van der Waals surface area contributed by atoms with Crippen LogP contribution < -0.4 is 14.8 Å². The highest BCUT2D eigenvalue weighted by Gasteiger charge is 2.09. The van der Waals surface area contributed by atoms with Crippen molar-refractivity contribution >= 4 is 0 Å². The molecule has 2 unspecified atom stereocenters. The fraction of sp³-hybridized carbons (Fsp3) is 0.333. The molecule has 0 spiro atoms. The smallest absolute Gasteiger partial charge is 0.119 e. The third kappa shape index (κ3) is 6.59. The number of hydrogen-bond donors (Lipinski definition) is 3. The summed E-state index contributed by atoms with van der Waals surface area (Å²) in [6.07, 6.45) is -0.622. The molecule has 23 heavy (non-hydrogen) atoms. The summed E-state index contributed by atoms with van der Waals surface area (Å²) in [5.41, 5.74) is 0. The number of nitrogens with one attached hydrogen (secondary N) is 1. The Labute approximate surface area is 136 Å². The van der Waals surface area contributed by atoms with E-state index in [0.29, 0.717) is 18.9 Å². The van der Waals surface area contributed by atoms with Gasteiger partial charge in [0.25, 0.3) is 0 Å². The second kappa shape index (κ2) is 9.02. The van der Waals surface area contributed by atoms with Crippen LogP contribution in [0.15, 0.2) is 54.6 Å². The van der Waals surface area contributed by atoms with Crippen molar-refractivity contribution in [3.05, 3.63) is 54.6 Å². The minimum atomic E-state index is -0.622. The number of para-hydroxylation sites is 1. The first-order valence-electron chi connectivity index (χ1n) is 7.64. The molecule has 0 heterocycles. The Balaban J connectivity index is 1.61. The normalized spacial score (nSPS) is 13.3. The van der Waals surface area contributed by atoms with Gasteiger partial charge >= 0.3 is 0 Å². The standard InChI is InChI=1S/C18H23NO4/c1-14(12-22-17-5-3-2-4-6-17)19-11-16(21)13-23-18-9-7-15(20)8-10-18/h2-10,14,16,19-21H,11-13H2,1H3. The molecule has 0 amide bonds. The number of phenols is 1. The second-order valence-corrected chi connectivity index (χ2v) is 5.39. The first-order chi connectivity index (χ1) is 11.1. The van der Waals surface area contributed by atoms with E-state index in [1.807, 2.05) is 37.3 Å². The lowest BCUT2D eigenvalue weighted by atomic mass is 10.3. The summed E-state index contributed by atoms with van der Waals surface area (Å²) in [6, 6.07) is 16.1. The molecule has 2 atom stereocenters. The van der Waals surface area contributed by atoms with Gasteiger partial charge in [0.15, 0.2) is 0 Å². The van der Waals surface area contributed by atoms with Gasteiger partial charge in [-0.2, -0.15) is 0 Å². The minimum Gasteiger partial charge on any atom is -0.508 e. The summed E-state index contributed by atoms with van der Waals surface area (Å²) in [7, 11) is 0. The molecule has 5 heteroatoms. The molecule has 0 saturated heterocycles. The molecule has 0 aromatic heterocycles. The van der Waals surface area contributed by atoms with Gasteiger partial charge in [-0.05, 0) is 43.3 Å². The maximum absolute atomic E-state index is 9.92. The van der Waals surface area contributed by atoms with Crippen molar-refractivity contribution in [1.82, 2.24) is 5.32 Å². The van der Waals surface area contributed by atoms with Gasteiger partial charge in [0.2, 0.25) is 0 Å². The summed E-state index contributed by atoms with van der Waals surface area (Å²) < 4.78 is 11.1. The molecule has 0 bridgehead atoms. The molecule has 0 aliphatic heterocycles. The van der Waals surface area contributed by atoms with E-state index >= 15 is 0 Å². The average molecular weight is 317 g/mol. The Bertz CT molecular complexity index is 559. The highest BCUT2D eigenvalue weighted by Crippen LogP contribution is 2.15.